The number of methoxy groups -OCH3 is 2. The molecule has 0 aromatic heterocycles. The van der Waals surface area contributed by atoms with Crippen molar-refractivity contribution in [3.63, 3.8) is 0 Å². The maximum atomic E-state index is 12.4. The zero-order valence-corrected chi connectivity index (χ0v) is 17.8. The molecule has 0 saturated carbocycles. The largest absolute Gasteiger partial charge is 0.497 e. The van der Waals surface area contributed by atoms with Crippen molar-refractivity contribution in [1.29, 1.82) is 0 Å². The highest BCUT2D eigenvalue weighted by atomic mass is 32.2. The minimum absolute atomic E-state index is 0.300. The summed E-state index contributed by atoms with van der Waals surface area (Å²) in [4.78, 5) is 14.8. The molecule has 8 nitrogen and oxygen atoms in total. The van der Waals surface area contributed by atoms with Crippen LogP contribution in [0.2, 0.25) is 0 Å². The lowest BCUT2D eigenvalue weighted by molar-refractivity contribution is -0.119. The van der Waals surface area contributed by atoms with Crippen molar-refractivity contribution in [3.8, 4) is 11.5 Å². The number of nitrogens with zero attached hydrogens (tertiary/aromatic N) is 2. The Balaban J connectivity index is 1.95. The highest BCUT2D eigenvalue weighted by Gasteiger charge is 2.24. The van der Waals surface area contributed by atoms with E-state index in [1.807, 2.05) is 0 Å². The molecular formula is C19H31N3O5S. The monoisotopic (exact) mass is 413 g/mol. The molecule has 0 radical (unpaired) electrons. The fourth-order valence-corrected chi connectivity index (χ4v) is 4.13. The van der Waals surface area contributed by atoms with E-state index in [0.717, 1.165) is 36.6 Å². The SMILES string of the molecule is COc1ccc(N(CC(=O)NCCCN2CCCCC2)S(C)(=O)=O)c(OC)c1. The van der Waals surface area contributed by atoms with Gasteiger partial charge in [0, 0.05) is 12.6 Å². The van der Waals surface area contributed by atoms with Crippen LogP contribution in [0.25, 0.3) is 0 Å². The molecule has 0 atom stereocenters. The van der Waals surface area contributed by atoms with Crippen LogP contribution in [0.4, 0.5) is 5.69 Å². The van der Waals surface area contributed by atoms with Crippen molar-refractivity contribution >= 4 is 21.6 Å². The van der Waals surface area contributed by atoms with E-state index < -0.39 is 10.0 Å². The fraction of sp³-hybridized carbons (Fsp3) is 0.632. The summed E-state index contributed by atoms with van der Waals surface area (Å²) in [7, 11) is -0.712. The maximum Gasteiger partial charge on any atom is 0.240 e. The van der Waals surface area contributed by atoms with Crippen LogP contribution >= 0.6 is 0 Å². The molecule has 1 saturated heterocycles. The number of ether oxygens (including phenoxy) is 2. The van der Waals surface area contributed by atoms with Gasteiger partial charge in [0.05, 0.1) is 26.2 Å². The summed E-state index contributed by atoms with van der Waals surface area (Å²) in [5, 5.41) is 2.82. The average Bonchev–Trinajstić information content (AvgIpc) is 2.69. The van der Waals surface area contributed by atoms with E-state index in [2.05, 4.69) is 10.2 Å². The number of sulfonamides is 1. The second kappa shape index (κ2) is 10.5. The van der Waals surface area contributed by atoms with E-state index in [0.29, 0.717) is 23.7 Å². The zero-order valence-electron chi connectivity index (χ0n) is 16.9. The van der Waals surface area contributed by atoms with Gasteiger partial charge in [0.2, 0.25) is 15.9 Å². The molecule has 1 amide bonds. The molecule has 0 spiro atoms. The van der Waals surface area contributed by atoms with Gasteiger partial charge in [0.15, 0.2) is 0 Å². The van der Waals surface area contributed by atoms with Gasteiger partial charge in [-0.15, -0.1) is 0 Å². The summed E-state index contributed by atoms with van der Waals surface area (Å²) in [5.41, 5.74) is 0.300. The lowest BCUT2D eigenvalue weighted by Crippen LogP contribution is -2.41. The van der Waals surface area contributed by atoms with Crippen molar-refractivity contribution in [3.05, 3.63) is 18.2 Å². The highest BCUT2D eigenvalue weighted by Crippen LogP contribution is 2.33. The summed E-state index contributed by atoms with van der Waals surface area (Å²) in [5.74, 6) is 0.515. The molecular weight excluding hydrogens is 382 g/mol. The van der Waals surface area contributed by atoms with E-state index >= 15 is 0 Å². The standard InChI is InChI=1S/C19H31N3O5S/c1-26-16-8-9-17(18(14-16)27-2)22(28(3,24)25)15-19(23)20-10-7-13-21-11-5-4-6-12-21/h8-9,14H,4-7,10-13,15H2,1-3H3,(H,20,23). The van der Waals surface area contributed by atoms with Crippen molar-refractivity contribution in [2.45, 2.75) is 25.7 Å². The Morgan fingerprint density at radius 2 is 1.89 bits per heavy atom. The first-order valence-electron chi connectivity index (χ1n) is 9.54. The summed E-state index contributed by atoms with van der Waals surface area (Å²) in [6.45, 7) is 3.40. The Bertz CT molecular complexity index is 748. The lowest BCUT2D eigenvalue weighted by atomic mass is 10.1. The average molecular weight is 414 g/mol. The molecule has 1 fully saturated rings. The Morgan fingerprint density at radius 3 is 2.50 bits per heavy atom. The zero-order chi connectivity index (χ0) is 20.6. The predicted octanol–water partition coefficient (Wildman–Crippen LogP) is 1.46. The molecule has 0 aliphatic carbocycles. The van der Waals surface area contributed by atoms with Crippen LogP contribution in [0.15, 0.2) is 18.2 Å². The van der Waals surface area contributed by atoms with Crippen LogP contribution in [0.3, 0.4) is 0 Å². The third-order valence-corrected chi connectivity index (χ3v) is 5.89. The van der Waals surface area contributed by atoms with Crippen molar-refractivity contribution in [2.24, 2.45) is 0 Å². The number of hydrogen-bond donors (Lipinski definition) is 1. The Labute approximate surface area is 167 Å². The summed E-state index contributed by atoms with van der Waals surface area (Å²) in [6, 6.07) is 4.79. The van der Waals surface area contributed by atoms with Gasteiger partial charge in [-0.3, -0.25) is 9.10 Å². The summed E-state index contributed by atoms with van der Waals surface area (Å²) >= 11 is 0. The van der Waals surface area contributed by atoms with Crippen LogP contribution in [0.5, 0.6) is 11.5 Å². The molecule has 28 heavy (non-hydrogen) atoms. The van der Waals surface area contributed by atoms with Gasteiger partial charge in [-0.25, -0.2) is 8.42 Å². The van der Waals surface area contributed by atoms with E-state index in [1.54, 1.807) is 18.2 Å². The van der Waals surface area contributed by atoms with E-state index in [-0.39, 0.29) is 12.5 Å². The first-order valence-corrected chi connectivity index (χ1v) is 11.4. The number of piperidine rings is 1. The lowest BCUT2D eigenvalue weighted by Gasteiger charge is -2.26. The maximum absolute atomic E-state index is 12.4. The van der Waals surface area contributed by atoms with Gasteiger partial charge in [0.1, 0.15) is 18.0 Å². The van der Waals surface area contributed by atoms with Gasteiger partial charge in [-0.1, -0.05) is 6.42 Å². The molecule has 9 heteroatoms. The number of rotatable bonds is 10. The van der Waals surface area contributed by atoms with Gasteiger partial charge < -0.3 is 19.7 Å². The molecule has 1 N–H and O–H groups in total. The van der Waals surface area contributed by atoms with Crippen LogP contribution in [-0.2, 0) is 14.8 Å². The van der Waals surface area contributed by atoms with Gasteiger partial charge in [-0.2, -0.15) is 0 Å². The normalized spacial score (nSPS) is 15.1. The van der Waals surface area contributed by atoms with Crippen LogP contribution in [0.1, 0.15) is 25.7 Å². The number of carbonyl (C=O) groups is 1. The molecule has 158 valence electrons. The second-order valence-electron chi connectivity index (χ2n) is 6.91. The number of amides is 1. The minimum atomic E-state index is -3.67. The summed E-state index contributed by atoms with van der Waals surface area (Å²) in [6.07, 6.45) is 5.68. The molecule has 1 aliphatic heterocycles. The number of anilines is 1. The van der Waals surface area contributed by atoms with E-state index in [1.165, 1.54) is 33.5 Å². The van der Waals surface area contributed by atoms with Gasteiger partial charge in [-0.05, 0) is 51.0 Å². The predicted molar refractivity (Wildman–Crippen MR) is 110 cm³/mol. The Kier molecular flexibility index (Phi) is 8.37. The Hall–Kier alpha value is -2.00. The number of nitrogens with one attached hydrogen (secondary N) is 1. The van der Waals surface area contributed by atoms with Crippen LogP contribution < -0.4 is 19.1 Å². The molecule has 0 unspecified atom stereocenters. The fourth-order valence-electron chi connectivity index (χ4n) is 3.27. The number of carbonyl (C=O) groups excluding carboxylic acids is 1. The number of likely N-dealkylation sites (tertiary alicyclic amines) is 1. The molecule has 1 heterocycles. The van der Waals surface area contributed by atoms with Crippen molar-refractivity contribution in [1.82, 2.24) is 10.2 Å². The second-order valence-corrected chi connectivity index (χ2v) is 8.82. The van der Waals surface area contributed by atoms with Crippen molar-refractivity contribution in [2.75, 3.05) is 57.5 Å². The molecule has 1 aromatic carbocycles. The topological polar surface area (TPSA) is 88.2 Å². The van der Waals surface area contributed by atoms with Gasteiger partial charge >= 0.3 is 0 Å². The Morgan fingerprint density at radius 1 is 1.18 bits per heavy atom. The molecule has 1 aromatic rings. The molecule has 1 aliphatic rings. The molecule has 0 bridgehead atoms. The van der Waals surface area contributed by atoms with Gasteiger partial charge in [0.25, 0.3) is 0 Å². The number of benzene rings is 1. The van der Waals surface area contributed by atoms with E-state index in [4.69, 9.17) is 9.47 Å². The molecule has 2 rings (SSSR count). The smallest absolute Gasteiger partial charge is 0.240 e. The quantitative estimate of drug-likeness (QED) is 0.585. The minimum Gasteiger partial charge on any atom is -0.497 e. The first-order chi connectivity index (χ1) is 13.3. The third-order valence-electron chi connectivity index (χ3n) is 4.77. The summed E-state index contributed by atoms with van der Waals surface area (Å²) < 4.78 is 36.0. The highest BCUT2D eigenvalue weighted by molar-refractivity contribution is 7.92. The number of hydrogen-bond acceptors (Lipinski definition) is 6. The van der Waals surface area contributed by atoms with Crippen LogP contribution in [0, 0.1) is 0 Å². The van der Waals surface area contributed by atoms with E-state index in [9.17, 15) is 13.2 Å². The third kappa shape index (κ3) is 6.56. The first kappa shape index (κ1) is 22.3. The van der Waals surface area contributed by atoms with Crippen molar-refractivity contribution < 1.29 is 22.7 Å². The van der Waals surface area contributed by atoms with Crippen LogP contribution in [-0.4, -0.2) is 72.4 Å².